The Morgan fingerprint density at radius 1 is 1.44 bits per heavy atom. The standard InChI is InChI=1S/C7H6O.C7H14O/c1-8-7-4-5-2-3-6(5)7;1-2-7-4-3-5-8-6-7/h2-4H,1H3;7H,2-6H2,1H3. The van der Waals surface area contributed by atoms with Gasteiger partial charge >= 0.3 is 0 Å². The third kappa shape index (κ3) is 2.38. The van der Waals surface area contributed by atoms with Crippen molar-refractivity contribution in [1.82, 2.24) is 0 Å². The number of rotatable bonds is 2. The van der Waals surface area contributed by atoms with Crippen LogP contribution in [0.2, 0.25) is 0 Å². The van der Waals surface area contributed by atoms with E-state index in [1.807, 2.05) is 6.07 Å². The van der Waals surface area contributed by atoms with E-state index in [4.69, 9.17) is 9.47 Å². The van der Waals surface area contributed by atoms with E-state index in [1.165, 1.54) is 29.7 Å². The van der Waals surface area contributed by atoms with Crippen LogP contribution in [0.1, 0.15) is 26.2 Å². The van der Waals surface area contributed by atoms with E-state index < -0.39 is 0 Å². The van der Waals surface area contributed by atoms with E-state index in [2.05, 4.69) is 19.1 Å². The van der Waals surface area contributed by atoms with Crippen LogP contribution in [-0.2, 0) is 4.74 Å². The molecule has 1 saturated heterocycles. The lowest BCUT2D eigenvalue weighted by Gasteiger charge is -2.19. The van der Waals surface area contributed by atoms with E-state index in [-0.39, 0.29) is 0 Å². The van der Waals surface area contributed by atoms with Crippen molar-refractivity contribution in [1.29, 1.82) is 0 Å². The maximum atomic E-state index is 5.27. The van der Waals surface area contributed by atoms with Crippen molar-refractivity contribution in [2.24, 2.45) is 5.92 Å². The predicted octanol–water partition coefficient (Wildman–Crippen LogP) is 3.12. The summed E-state index contributed by atoms with van der Waals surface area (Å²) in [5, 5.41) is 2.62. The average Bonchev–Trinajstić information content (AvgIpc) is 2.34. The third-order valence-corrected chi connectivity index (χ3v) is 3.34. The summed E-state index contributed by atoms with van der Waals surface area (Å²) < 4.78 is 10.2. The highest BCUT2D eigenvalue weighted by atomic mass is 16.5. The van der Waals surface area contributed by atoms with Gasteiger partial charge in [-0.15, -0.1) is 0 Å². The first-order valence-corrected chi connectivity index (χ1v) is 6.11. The molecule has 0 saturated carbocycles. The van der Waals surface area contributed by atoms with Gasteiger partial charge in [-0.3, -0.25) is 0 Å². The molecule has 0 bridgehead atoms. The number of methoxy groups -OCH3 is 1. The van der Waals surface area contributed by atoms with Crippen molar-refractivity contribution < 1.29 is 9.47 Å². The molecule has 2 nitrogen and oxygen atoms in total. The monoisotopic (exact) mass is 220 g/mol. The topological polar surface area (TPSA) is 18.5 Å². The van der Waals surface area contributed by atoms with Gasteiger partial charge in [0.05, 0.1) is 7.11 Å². The lowest BCUT2D eigenvalue weighted by Crippen LogP contribution is -2.15. The molecule has 0 radical (unpaired) electrons. The van der Waals surface area contributed by atoms with Crippen molar-refractivity contribution in [2.75, 3.05) is 20.3 Å². The van der Waals surface area contributed by atoms with Gasteiger partial charge in [0.25, 0.3) is 0 Å². The highest BCUT2D eigenvalue weighted by molar-refractivity contribution is 5.38. The Hall–Kier alpha value is -1.02. The Bertz CT molecular complexity index is 419. The Morgan fingerprint density at radius 2 is 2.31 bits per heavy atom. The molecule has 2 heteroatoms. The van der Waals surface area contributed by atoms with Crippen molar-refractivity contribution >= 4 is 0 Å². The van der Waals surface area contributed by atoms with Crippen LogP contribution >= 0.6 is 0 Å². The Balaban J connectivity index is 0.000000120. The second-order valence-corrected chi connectivity index (χ2v) is 4.41. The molecule has 16 heavy (non-hydrogen) atoms. The molecule has 1 fully saturated rings. The molecule has 1 heterocycles. The summed E-state index contributed by atoms with van der Waals surface area (Å²) in [5.74, 6) is 1.89. The Labute approximate surface area is 96.9 Å². The van der Waals surface area contributed by atoms with Crippen LogP contribution in [0.25, 0.3) is 0 Å². The lowest BCUT2D eigenvalue weighted by molar-refractivity contribution is 0.0535. The van der Waals surface area contributed by atoms with Crippen LogP contribution in [0.5, 0.6) is 5.75 Å². The largest absolute Gasteiger partial charge is 0.496 e. The molecule has 0 aromatic heterocycles. The zero-order valence-corrected chi connectivity index (χ0v) is 10.2. The fourth-order valence-corrected chi connectivity index (χ4v) is 2.05. The Kier molecular flexibility index (Phi) is 3.83. The van der Waals surface area contributed by atoms with E-state index in [9.17, 15) is 0 Å². The summed E-state index contributed by atoms with van der Waals surface area (Å²) in [6, 6.07) is 6.18. The smallest absolute Gasteiger partial charge is 0.127 e. The summed E-state index contributed by atoms with van der Waals surface area (Å²) in [5.41, 5.74) is 0. The number of ether oxygens (including phenoxy) is 2. The summed E-state index contributed by atoms with van der Waals surface area (Å²) >= 11 is 0. The van der Waals surface area contributed by atoms with Crippen LogP contribution in [-0.4, -0.2) is 20.3 Å². The minimum absolute atomic E-state index is 0.865. The molecule has 3 aliphatic rings. The Morgan fingerprint density at radius 3 is 2.56 bits per heavy atom. The van der Waals surface area contributed by atoms with E-state index in [0.29, 0.717) is 0 Å². The molecule has 1 unspecified atom stereocenters. The van der Waals surface area contributed by atoms with Crippen LogP contribution in [0.3, 0.4) is 0 Å². The quantitative estimate of drug-likeness (QED) is 0.774. The van der Waals surface area contributed by atoms with Crippen molar-refractivity contribution in [2.45, 2.75) is 26.2 Å². The minimum atomic E-state index is 0.865. The first kappa shape index (κ1) is 11.5. The normalized spacial score (nSPS) is 20.8. The van der Waals surface area contributed by atoms with Crippen LogP contribution in [0.4, 0.5) is 0 Å². The second kappa shape index (κ2) is 5.35. The molecule has 0 N–H and O–H groups in total. The molecular weight excluding hydrogens is 200 g/mol. The third-order valence-electron chi connectivity index (χ3n) is 3.34. The van der Waals surface area contributed by atoms with Crippen LogP contribution in [0, 0.1) is 16.4 Å². The van der Waals surface area contributed by atoms with Gasteiger partial charge in [0, 0.05) is 18.4 Å². The summed E-state index contributed by atoms with van der Waals surface area (Å²) in [6.07, 6.45) is 3.95. The SMILES string of the molecule is CCC1CCCOC1.COc1cc2ccc1=2. The summed E-state index contributed by atoms with van der Waals surface area (Å²) in [6.45, 7) is 4.24. The summed E-state index contributed by atoms with van der Waals surface area (Å²) in [7, 11) is 1.70. The van der Waals surface area contributed by atoms with Crippen LogP contribution in [0.15, 0.2) is 18.2 Å². The second-order valence-electron chi connectivity index (χ2n) is 4.41. The number of hydrogen-bond donors (Lipinski definition) is 0. The molecule has 0 amide bonds. The van der Waals surface area contributed by atoms with E-state index in [0.717, 1.165) is 24.9 Å². The zero-order chi connectivity index (χ0) is 11.4. The van der Waals surface area contributed by atoms with Gasteiger partial charge in [-0.1, -0.05) is 25.5 Å². The summed E-state index contributed by atoms with van der Waals surface area (Å²) in [4.78, 5) is 0. The molecule has 1 atom stereocenters. The molecule has 0 aromatic rings. The number of hydrogen-bond acceptors (Lipinski definition) is 2. The average molecular weight is 220 g/mol. The van der Waals surface area contributed by atoms with E-state index >= 15 is 0 Å². The first-order valence-electron chi connectivity index (χ1n) is 6.11. The zero-order valence-electron chi connectivity index (χ0n) is 10.2. The van der Waals surface area contributed by atoms with Crippen molar-refractivity contribution in [3.63, 3.8) is 0 Å². The fourth-order valence-electron chi connectivity index (χ4n) is 2.05. The molecule has 1 aliphatic heterocycles. The van der Waals surface area contributed by atoms with Crippen molar-refractivity contribution in [3.8, 4) is 5.75 Å². The van der Waals surface area contributed by atoms with Gasteiger partial charge in [-0.25, -0.2) is 0 Å². The minimum Gasteiger partial charge on any atom is -0.496 e. The van der Waals surface area contributed by atoms with Crippen molar-refractivity contribution in [3.05, 3.63) is 28.6 Å². The van der Waals surface area contributed by atoms with Gasteiger partial charge in [-0.05, 0) is 30.0 Å². The van der Waals surface area contributed by atoms with Gasteiger partial charge < -0.3 is 9.47 Å². The van der Waals surface area contributed by atoms with Crippen LogP contribution < -0.4 is 4.74 Å². The highest BCUT2D eigenvalue weighted by Crippen LogP contribution is 2.22. The van der Waals surface area contributed by atoms with Gasteiger partial charge in [0.15, 0.2) is 0 Å². The number of benzene rings is 1. The van der Waals surface area contributed by atoms with Gasteiger partial charge in [0.1, 0.15) is 5.75 Å². The molecule has 2 aliphatic carbocycles. The lowest BCUT2D eigenvalue weighted by atomic mass is 10.0. The highest BCUT2D eigenvalue weighted by Gasteiger charge is 2.10. The fraction of sp³-hybridized carbons (Fsp3) is 0.571. The molecular formula is C14H20O2. The molecule has 0 spiro atoms. The predicted molar refractivity (Wildman–Crippen MR) is 64.5 cm³/mol. The maximum Gasteiger partial charge on any atom is 0.127 e. The first-order chi connectivity index (χ1) is 7.85. The van der Waals surface area contributed by atoms with E-state index in [1.54, 1.807) is 7.11 Å². The maximum absolute atomic E-state index is 5.27. The molecule has 3 rings (SSSR count). The van der Waals surface area contributed by atoms with Gasteiger partial charge in [-0.2, -0.15) is 0 Å². The molecule has 0 aromatic carbocycles. The molecule has 88 valence electrons. The van der Waals surface area contributed by atoms with Gasteiger partial charge in [0.2, 0.25) is 0 Å².